The lowest BCUT2D eigenvalue weighted by Gasteiger charge is -2.15. The number of thiophene rings is 1. The Balaban J connectivity index is 1.56. The number of carbonyl (C=O) groups is 1. The number of pyridine rings is 1. The van der Waals surface area contributed by atoms with Crippen molar-refractivity contribution in [2.75, 3.05) is 13.1 Å². The molecule has 11 heteroatoms. The molecule has 5 rings (SSSR count). The highest BCUT2D eigenvalue weighted by Gasteiger charge is 2.36. The molecule has 1 amide bonds. The summed E-state index contributed by atoms with van der Waals surface area (Å²) in [5, 5.41) is 10.3. The van der Waals surface area contributed by atoms with Crippen LogP contribution >= 0.6 is 27.3 Å². The third-order valence-electron chi connectivity index (χ3n) is 5.10. The van der Waals surface area contributed by atoms with Gasteiger partial charge in [-0.3, -0.25) is 14.3 Å². The summed E-state index contributed by atoms with van der Waals surface area (Å²) in [7, 11) is 0. The maximum Gasteiger partial charge on any atom is 0.420 e. The van der Waals surface area contributed by atoms with Crippen LogP contribution in [0.2, 0.25) is 0 Å². The summed E-state index contributed by atoms with van der Waals surface area (Å²) in [4.78, 5) is 18.8. The number of nitrogens with zero attached hydrogens (tertiary/aromatic N) is 4. The van der Waals surface area contributed by atoms with Crippen LogP contribution in [0.1, 0.15) is 21.6 Å². The molecule has 0 saturated heterocycles. The summed E-state index contributed by atoms with van der Waals surface area (Å²) in [6, 6.07) is 2.98. The van der Waals surface area contributed by atoms with Crippen molar-refractivity contribution in [2.45, 2.75) is 6.18 Å². The van der Waals surface area contributed by atoms with Crippen LogP contribution in [-0.2, 0) is 6.18 Å². The van der Waals surface area contributed by atoms with Crippen molar-refractivity contribution in [3.05, 3.63) is 69.0 Å². The number of carbonyl (C=O) groups excluding carboxylic acids is 1. The Bertz CT molecular complexity index is 1310. The van der Waals surface area contributed by atoms with Crippen LogP contribution in [0.25, 0.3) is 22.3 Å². The molecule has 4 aromatic heterocycles. The molecule has 0 fully saturated rings. The molecular weight excluding hydrogens is 495 g/mol. The molecule has 0 radical (unpaired) electrons. The first-order chi connectivity index (χ1) is 14.8. The standard InChI is InChI=1S/C20H13BrF3N5OS/c21-17-16(19(30)28-3-1-11(8-28)12-2-4-31-10-12)27-18-15(20(22,23)24)5-13(9-29(17)18)14-6-25-26-7-14/h1-2,4-7,9-10H,3,8H2,(H,25,26). The highest BCUT2D eigenvalue weighted by Crippen LogP contribution is 2.37. The number of hydrogen-bond donors (Lipinski definition) is 1. The Morgan fingerprint density at radius 1 is 1.26 bits per heavy atom. The monoisotopic (exact) mass is 507 g/mol. The van der Waals surface area contributed by atoms with Gasteiger partial charge in [0.2, 0.25) is 0 Å². The molecule has 0 aromatic carbocycles. The molecular formula is C20H13BrF3N5OS. The van der Waals surface area contributed by atoms with Gasteiger partial charge >= 0.3 is 6.18 Å². The number of halogens is 4. The van der Waals surface area contributed by atoms with E-state index in [1.807, 2.05) is 22.9 Å². The molecule has 0 saturated carbocycles. The molecule has 1 aliphatic rings. The van der Waals surface area contributed by atoms with Gasteiger partial charge in [0, 0.05) is 36.6 Å². The second kappa shape index (κ2) is 7.34. The molecule has 1 aliphatic heterocycles. The van der Waals surface area contributed by atoms with Gasteiger partial charge in [-0.1, -0.05) is 6.08 Å². The van der Waals surface area contributed by atoms with E-state index in [2.05, 4.69) is 31.1 Å². The van der Waals surface area contributed by atoms with E-state index < -0.39 is 17.6 Å². The molecule has 0 unspecified atom stereocenters. The van der Waals surface area contributed by atoms with Gasteiger partial charge < -0.3 is 4.90 Å². The highest BCUT2D eigenvalue weighted by atomic mass is 79.9. The quantitative estimate of drug-likeness (QED) is 0.419. The van der Waals surface area contributed by atoms with Crippen molar-refractivity contribution < 1.29 is 18.0 Å². The van der Waals surface area contributed by atoms with Gasteiger partial charge in [-0.15, -0.1) is 0 Å². The molecule has 31 heavy (non-hydrogen) atoms. The number of amides is 1. The molecule has 0 bridgehead atoms. The van der Waals surface area contributed by atoms with Crippen molar-refractivity contribution in [3.63, 3.8) is 0 Å². The Morgan fingerprint density at radius 3 is 2.77 bits per heavy atom. The van der Waals surface area contributed by atoms with Crippen LogP contribution < -0.4 is 0 Å². The lowest BCUT2D eigenvalue weighted by Crippen LogP contribution is -2.29. The van der Waals surface area contributed by atoms with E-state index in [0.29, 0.717) is 24.2 Å². The predicted octanol–water partition coefficient (Wildman–Crippen LogP) is 5.11. The smallest absolute Gasteiger partial charge is 0.329 e. The Morgan fingerprint density at radius 2 is 2.10 bits per heavy atom. The molecule has 0 aliphatic carbocycles. The minimum absolute atomic E-state index is 0.0604. The first kappa shape index (κ1) is 20.0. The second-order valence-electron chi connectivity index (χ2n) is 7.00. The van der Waals surface area contributed by atoms with Gasteiger partial charge in [-0.05, 0) is 50.0 Å². The normalized spacial score (nSPS) is 14.5. The predicted molar refractivity (Wildman–Crippen MR) is 114 cm³/mol. The van der Waals surface area contributed by atoms with Gasteiger partial charge in [-0.25, -0.2) is 4.98 Å². The van der Waals surface area contributed by atoms with Crippen molar-refractivity contribution in [1.82, 2.24) is 24.5 Å². The molecule has 158 valence electrons. The zero-order chi connectivity index (χ0) is 21.8. The number of nitrogens with one attached hydrogen (secondary N) is 1. The number of alkyl halides is 3. The Labute approximate surface area is 186 Å². The number of aromatic nitrogens is 4. The molecule has 1 N–H and O–H groups in total. The maximum atomic E-state index is 13.8. The van der Waals surface area contributed by atoms with Gasteiger partial charge in [0.1, 0.15) is 4.60 Å². The highest BCUT2D eigenvalue weighted by molar-refractivity contribution is 9.10. The number of rotatable bonds is 3. The molecule has 6 nitrogen and oxygen atoms in total. The van der Waals surface area contributed by atoms with E-state index in [1.165, 1.54) is 23.0 Å². The van der Waals surface area contributed by atoms with Crippen molar-refractivity contribution >= 4 is 44.4 Å². The Hall–Kier alpha value is -2.92. The fourth-order valence-electron chi connectivity index (χ4n) is 3.54. The van der Waals surface area contributed by atoms with Crippen LogP contribution in [0.15, 0.2) is 52.2 Å². The van der Waals surface area contributed by atoms with Crippen molar-refractivity contribution in [3.8, 4) is 11.1 Å². The second-order valence-corrected chi connectivity index (χ2v) is 8.53. The summed E-state index contributed by atoms with van der Waals surface area (Å²) in [5.41, 5.74) is 1.52. The number of H-pyrrole nitrogens is 1. The molecule has 4 aromatic rings. The minimum Gasteiger partial charge on any atom is -0.329 e. The summed E-state index contributed by atoms with van der Waals surface area (Å²) < 4.78 is 42.8. The van der Waals surface area contributed by atoms with Crippen LogP contribution in [-0.4, -0.2) is 43.5 Å². The zero-order valence-corrected chi connectivity index (χ0v) is 18.1. The average molecular weight is 508 g/mol. The third-order valence-corrected chi connectivity index (χ3v) is 6.54. The van der Waals surface area contributed by atoms with E-state index in [-0.39, 0.29) is 15.9 Å². The summed E-state index contributed by atoms with van der Waals surface area (Å²) >= 11 is 4.86. The molecule has 0 atom stereocenters. The molecule has 0 spiro atoms. The summed E-state index contributed by atoms with van der Waals surface area (Å²) in [5.74, 6) is -0.435. The zero-order valence-electron chi connectivity index (χ0n) is 15.7. The average Bonchev–Trinajstić information content (AvgIpc) is 3.53. The van der Waals surface area contributed by atoms with E-state index in [1.54, 1.807) is 16.2 Å². The number of fused-ring (bicyclic) bond motifs is 1. The van der Waals surface area contributed by atoms with Crippen molar-refractivity contribution in [1.29, 1.82) is 0 Å². The van der Waals surface area contributed by atoms with Crippen molar-refractivity contribution in [2.24, 2.45) is 0 Å². The number of hydrogen-bond acceptors (Lipinski definition) is 4. The topological polar surface area (TPSA) is 66.3 Å². The van der Waals surface area contributed by atoms with E-state index >= 15 is 0 Å². The Kier molecular flexibility index (Phi) is 4.74. The fourth-order valence-corrected chi connectivity index (χ4v) is 4.75. The van der Waals surface area contributed by atoms with Crippen LogP contribution in [0.4, 0.5) is 13.2 Å². The van der Waals surface area contributed by atoms with Crippen LogP contribution in [0, 0.1) is 0 Å². The number of imidazole rings is 1. The molecule has 5 heterocycles. The van der Waals surface area contributed by atoms with Gasteiger partial charge in [-0.2, -0.15) is 29.6 Å². The SMILES string of the molecule is O=C(c1nc2c(C(F)(F)F)cc(-c3cn[nH]c3)cn2c1Br)N1CC=C(c2ccsc2)C1. The first-order valence-electron chi connectivity index (χ1n) is 9.12. The fraction of sp³-hybridized carbons (Fsp3) is 0.150. The van der Waals surface area contributed by atoms with Gasteiger partial charge in [0.25, 0.3) is 5.91 Å². The summed E-state index contributed by atoms with van der Waals surface area (Å²) in [6.07, 6.45) is 1.73. The first-order valence-corrected chi connectivity index (χ1v) is 10.9. The van der Waals surface area contributed by atoms with Gasteiger partial charge in [0.05, 0.1) is 11.8 Å². The lowest BCUT2D eigenvalue weighted by atomic mass is 10.1. The van der Waals surface area contributed by atoms with E-state index in [9.17, 15) is 18.0 Å². The van der Waals surface area contributed by atoms with Gasteiger partial charge in [0.15, 0.2) is 11.3 Å². The third kappa shape index (κ3) is 3.47. The number of aromatic amines is 1. The lowest BCUT2D eigenvalue weighted by molar-refractivity contribution is -0.136. The summed E-state index contributed by atoms with van der Waals surface area (Å²) in [6.45, 7) is 0.749. The van der Waals surface area contributed by atoms with Crippen LogP contribution in [0.5, 0.6) is 0 Å². The van der Waals surface area contributed by atoms with E-state index in [0.717, 1.165) is 17.2 Å². The minimum atomic E-state index is -4.65. The van der Waals surface area contributed by atoms with E-state index in [4.69, 9.17) is 0 Å². The maximum absolute atomic E-state index is 13.8. The largest absolute Gasteiger partial charge is 0.420 e. The van der Waals surface area contributed by atoms with Crippen LogP contribution in [0.3, 0.4) is 0 Å².